The molecule has 0 radical (unpaired) electrons. The van der Waals surface area contributed by atoms with E-state index in [1.807, 2.05) is 41.8 Å². The summed E-state index contributed by atoms with van der Waals surface area (Å²) >= 11 is 0. The van der Waals surface area contributed by atoms with Crippen LogP contribution in [0.4, 0.5) is 30.7 Å². The number of hydrogen-bond acceptors (Lipinski definition) is 4. The van der Waals surface area contributed by atoms with E-state index in [0.29, 0.717) is 64.4 Å². The van der Waals surface area contributed by atoms with Gasteiger partial charge in [-0.2, -0.15) is 26.3 Å². The monoisotopic (exact) mass is 613 g/mol. The molecule has 1 amide bonds. The molecule has 234 valence electrons. The predicted molar refractivity (Wildman–Crippen MR) is 147 cm³/mol. The van der Waals surface area contributed by atoms with Gasteiger partial charge in [-0.3, -0.25) is 14.6 Å². The van der Waals surface area contributed by atoms with Crippen molar-refractivity contribution in [2.45, 2.75) is 44.8 Å². The molecule has 2 aromatic carbocycles. The summed E-state index contributed by atoms with van der Waals surface area (Å²) in [6, 6.07) is 6.29. The Hall–Kier alpha value is -3.14. The lowest BCUT2D eigenvalue weighted by atomic mass is 9.97. The lowest BCUT2D eigenvalue weighted by Gasteiger charge is -2.41. The normalized spacial score (nSPS) is 20.5. The number of hydrogen-bond donors (Lipinski definition) is 0. The SMILES string of the molecule is Cc1ccc(C[C@@H]2CN(CC#CCN3CCOC(CF)C3)CCN2C(=O)c2cc(C(F)(F)F)cc(C(F)(F)F)c2)cc1C. The van der Waals surface area contributed by atoms with Crippen molar-refractivity contribution in [1.29, 1.82) is 0 Å². The topological polar surface area (TPSA) is 36.0 Å². The van der Waals surface area contributed by atoms with E-state index in [2.05, 4.69) is 11.8 Å². The summed E-state index contributed by atoms with van der Waals surface area (Å²) in [7, 11) is 0. The number of morpholine rings is 1. The van der Waals surface area contributed by atoms with Crippen molar-refractivity contribution < 1.29 is 40.3 Å². The summed E-state index contributed by atoms with van der Waals surface area (Å²) in [6.45, 7) is 6.46. The summed E-state index contributed by atoms with van der Waals surface area (Å²) < 4.78 is 99.2. The number of ether oxygens (including phenoxy) is 1. The van der Waals surface area contributed by atoms with Crippen molar-refractivity contribution in [3.8, 4) is 11.8 Å². The standard InChI is InChI=1S/C31H34F7N3O2/c1-21-5-6-23(13-22(21)2)14-27-19-39(7-3-4-8-40-11-12-43-28(18-32)20-40)9-10-41(27)29(42)24-15-25(30(33,34)35)17-26(16-24)31(36,37)38/h5-6,13,15-17,27-28H,7-12,14,18-20H2,1-2H3/t27-,28?/m1/s1. The molecule has 2 saturated heterocycles. The van der Waals surface area contributed by atoms with E-state index >= 15 is 0 Å². The molecule has 0 saturated carbocycles. The van der Waals surface area contributed by atoms with Crippen molar-refractivity contribution in [2.75, 3.05) is 59.1 Å². The third-order valence-electron chi connectivity index (χ3n) is 7.83. The fraction of sp³-hybridized carbons (Fsp3) is 0.516. The molecule has 0 aliphatic carbocycles. The largest absolute Gasteiger partial charge is 0.416 e. The van der Waals surface area contributed by atoms with E-state index in [1.54, 1.807) is 0 Å². The Morgan fingerprint density at radius 1 is 0.860 bits per heavy atom. The van der Waals surface area contributed by atoms with Crippen LogP contribution in [0, 0.1) is 25.7 Å². The van der Waals surface area contributed by atoms with Gasteiger partial charge in [-0.15, -0.1) is 0 Å². The molecule has 2 aromatic rings. The highest BCUT2D eigenvalue weighted by atomic mass is 19.4. The average molecular weight is 614 g/mol. The number of amides is 1. The summed E-state index contributed by atoms with van der Waals surface area (Å²) in [5.41, 5.74) is -0.711. The molecule has 2 aliphatic rings. The van der Waals surface area contributed by atoms with Crippen LogP contribution in [-0.2, 0) is 23.5 Å². The Morgan fingerprint density at radius 2 is 1.49 bits per heavy atom. The Morgan fingerprint density at radius 3 is 2.07 bits per heavy atom. The molecule has 0 bridgehead atoms. The second-order valence-corrected chi connectivity index (χ2v) is 11.0. The van der Waals surface area contributed by atoms with E-state index in [9.17, 15) is 35.5 Å². The molecule has 1 unspecified atom stereocenters. The number of alkyl halides is 7. The number of rotatable bonds is 6. The molecule has 0 N–H and O–H groups in total. The first-order chi connectivity index (χ1) is 20.2. The van der Waals surface area contributed by atoms with Gasteiger partial charge in [-0.25, -0.2) is 4.39 Å². The van der Waals surface area contributed by atoms with Gasteiger partial charge in [0.2, 0.25) is 0 Å². The minimum absolute atomic E-state index is 0.0224. The molecular weight excluding hydrogens is 579 g/mol. The van der Waals surface area contributed by atoms with E-state index in [1.165, 1.54) is 4.90 Å². The molecule has 2 heterocycles. The van der Waals surface area contributed by atoms with Gasteiger partial charge in [0.05, 0.1) is 36.9 Å². The maximum atomic E-state index is 13.6. The molecule has 4 rings (SSSR count). The molecule has 0 spiro atoms. The van der Waals surface area contributed by atoms with Gasteiger partial charge in [-0.05, 0) is 55.2 Å². The highest BCUT2D eigenvalue weighted by Crippen LogP contribution is 2.37. The summed E-state index contributed by atoms with van der Waals surface area (Å²) in [4.78, 5) is 19.0. The van der Waals surface area contributed by atoms with Crippen LogP contribution in [0.3, 0.4) is 0 Å². The minimum Gasteiger partial charge on any atom is -0.373 e. The molecule has 2 aliphatic heterocycles. The molecular formula is C31H34F7N3O2. The van der Waals surface area contributed by atoms with Crippen LogP contribution in [0.1, 0.15) is 38.2 Å². The average Bonchev–Trinajstić information content (AvgIpc) is 2.96. The van der Waals surface area contributed by atoms with Gasteiger partial charge in [0.1, 0.15) is 6.67 Å². The maximum absolute atomic E-state index is 13.6. The predicted octanol–water partition coefficient (Wildman–Crippen LogP) is 5.38. The number of piperazine rings is 1. The van der Waals surface area contributed by atoms with Crippen molar-refractivity contribution in [3.63, 3.8) is 0 Å². The Balaban J connectivity index is 1.54. The summed E-state index contributed by atoms with van der Waals surface area (Å²) in [5.74, 6) is 5.31. The van der Waals surface area contributed by atoms with Crippen molar-refractivity contribution in [1.82, 2.24) is 14.7 Å². The van der Waals surface area contributed by atoms with Crippen molar-refractivity contribution >= 4 is 5.91 Å². The third kappa shape index (κ3) is 8.71. The van der Waals surface area contributed by atoms with Gasteiger partial charge in [-0.1, -0.05) is 30.0 Å². The Labute approximate surface area is 246 Å². The quantitative estimate of drug-likeness (QED) is 0.324. The lowest BCUT2D eigenvalue weighted by Crippen LogP contribution is -2.56. The summed E-state index contributed by atoms with van der Waals surface area (Å²) in [5, 5.41) is 0. The Kier molecular flexibility index (Phi) is 10.4. The van der Waals surface area contributed by atoms with Crippen LogP contribution >= 0.6 is 0 Å². The number of aryl methyl sites for hydroxylation is 2. The van der Waals surface area contributed by atoms with Crippen molar-refractivity contribution in [2.24, 2.45) is 0 Å². The van der Waals surface area contributed by atoms with E-state index in [-0.39, 0.29) is 12.6 Å². The van der Waals surface area contributed by atoms with Gasteiger partial charge >= 0.3 is 12.4 Å². The summed E-state index contributed by atoms with van der Waals surface area (Å²) in [6.07, 6.45) is -10.2. The van der Waals surface area contributed by atoms with E-state index in [4.69, 9.17) is 4.74 Å². The second kappa shape index (κ2) is 13.7. The zero-order valence-electron chi connectivity index (χ0n) is 24.0. The second-order valence-electron chi connectivity index (χ2n) is 11.0. The van der Waals surface area contributed by atoms with Crippen molar-refractivity contribution in [3.05, 3.63) is 69.8 Å². The number of benzene rings is 2. The first kappa shape index (κ1) is 32.8. The number of nitrogens with zero attached hydrogens (tertiary/aromatic N) is 3. The van der Waals surface area contributed by atoms with Crippen LogP contribution < -0.4 is 0 Å². The minimum atomic E-state index is -5.06. The zero-order chi connectivity index (χ0) is 31.4. The van der Waals surface area contributed by atoms with Crippen LogP contribution in [0.15, 0.2) is 36.4 Å². The Bertz CT molecular complexity index is 1320. The van der Waals surface area contributed by atoms with Gasteiger partial charge in [0.25, 0.3) is 5.91 Å². The third-order valence-corrected chi connectivity index (χ3v) is 7.83. The fourth-order valence-electron chi connectivity index (χ4n) is 5.30. The first-order valence-corrected chi connectivity index (χ1v) is 14.0. The molecule has 12 heteroatoms. The molecule has 2 atom stereocenters. The van der Waals surface area contributed by atoms with Crippen LogP contribution in [0.5, 0.6) is 0 Å². The highest BCUT2D eigenvalue weighted by molar-refractivity contribution is 5.95. The lowest BCUT2D eigenvalue weighted by molar-refractivity contribution is -0.143. The van der Waals surface area contributed by atoms with E-state index in [0.717, 1.165) is 16.7 Å². The number of carbonyl (C=O) groups excluding carboxylic acids is 1. The fourth-order valence-corrected chi connectivity index (χ4v) is 5.30. The van der Waals surface area contributed by atoms with Gasteiger partial charge in [0.15, 0.2) is 0 Å². The molecule has 0 aromatic heterocycles. The smallest absolute Gasteiger partial charge is 0.373 e. The molecule has 5 nitrogen and oxygen atoms in total. The first-order valence-electron chi connectivity index (χ1n) is 14.0. The van der Waals surface area contributed by atoms with Gasteiger partial charge < -0.3 is 9.64 Å². The molecule has 43 heavy (non-hydrogen) atoms. The number of carbonyl (C=O) groups is 1. The van der Waals surface area contributed by atoms with Crippen LogP contribution in [0.2, 0.25) is 0 Å². The number of halogens is 7. The van der Waals surface area contributed by atoms with E-state index < -0.39 is 53.8 Å². The van der Waals surface area contributed by atoms with Gasteiger partial charge in [0, 0.05) is 44.3 Å². The maximum Gasteiger partial charge on any atom is 0.416 e. The molecule has 2 fully saturated rings. The zero-order valence-corrected chi connectivity index (χ0v) is 24.0. The van der Waals surface area contributed by atoms with Crippen LogP contribution in [0.25, 0.3) is 0 Å². The van der Waals surface area contributed by atoms with Crippen LogP contribution in [-0.4, -0.2) is 91.8 Å². The highest BCUT2D eigenvalue weighted by Gasteiger charge is 2.39.